The number of methoxy groups -OCH3 is 1. The van der Waals surface area contributed by atoms with E-state index in [1.807, 2.05) is 6.20 Å². The fraction of sp³-hybridized carbons (Fsp3) is 0.727. The van der Waals surface area contributed by atoms with Gasteiger partial charge < -0.3 is 14.4 Å². The predicted molar refractivity (Wildman–Crippen MR) is 56.8 cm³/mol. The van der Waals surface area contributed by atoms with Crippen LogP contribution in [-0.2, 0) is 24.1 Å². The number of aryl methyl sites for hydroxylation is 1. The van der Waals surface area contributed by atoms with E-state index in [1.54, 1.807) is 7.11 Å². The normalized spacial score (nSPS) is 20.3. The molecule has 0 saturated carbocycles. The third kappa shape index (κ3) is 2.38. The standard InChI is InChI=1S/C11H18N2O2/c1-15-6-2-3-11-12-8-9-7-10(14)4-5-13(9)11/h8,10,14H,2-7H2,1H3. The smallest absolute Gasteiger partial charge is 0.108 e. The van der Waals surface area contributed by atoms with Gasteiger partial charge >= 0.3 is 0 Å². The van der Waals surface area contributed by atoms with Crippen LogP contribution in [0.4, 0.5) is 0 Å². The van der Waals surface area contributed by atoms with E-state index in [0.29, 0.717) is 0 Å². The Bertz CT molecular complexity index is 322. The maximum Gasteiger partial charge on any atom is 0.108 e. The Hall–Kier alpha value is -0.870. The van der Waals surface area contributed by atoms with Crippen molar-refractivity contribution in [3.05, 3.63) is 17.7 Å². The fourth-order valence-corrected chi connectivity index (χ4v) is 2.09. The van der Waals surface area contributed by atoms with Gasteiger partial charge in [0.15, 0.2) is 0 Å². The molecule has 2 rings (SSSR count). The third-order valence-electron chi connectivity index (χ3n) is 2.90. The van der Waals surface area contributed by atoms with Gasteiger partial charge in [-0.15, -0.1) is 0 Å². The lowest BCUT2D eigenvalue weighted by molar-refractivity contribution is 0.142. The topological polar surface area (TPSA) is 47.3 Å². The molecule has 84 valence electrons. The first-order valence-electron chi connectivity index (χ1n) is 5.51. The number of aliphatic hydroxyl groups is 1. The molecular weight excluding hydrogens is 192 g/mol. The number of fused-ring (bicyclic) bond motifs is 1. The third-order valence-corrected chi connectivity index (χ3v) is 2.90. The molecule has 1 aliphatic rings. The Kier molecular flexibility index (Phi) is 3.38. The van der Waals surface area contributed by atoms with E-state index in [2.05, 4.69) is 9.55 Å². The Morgan fingerprint density at radius 3 is 3.33 bits per heavy atom. The lowest BCUT2D eigenvalue weighted by Crippen LogP contribution is -2.23. The van der Waals surface area contributed by atoms with E-state index in [-0.39, 0.29) is 6.10 Å². The minimum atomic E-state index is -0.180. The van der Waals surface area contributed by atoms with Gasteiger partial charge in [-0.2, -0.15) is 0 Å². The highest BCUT2D eigenvalue weighted by atomic mass is 16.5. The molecule has 0 aromatic carbocycles. The molecule has 4 heteroatoms. The second-order valence-electron chi connectivity index (χ2n) is 4.06. The molecule has 0 amide bonds. The van der Waals surface area contributed by atoms with Gasteiger partial charge in [0.05, 0.1) is 6.10 Å². The van der Waals surface area contributed by atoms with Crippen LogP contribution in [0, 0.1) is 0 Å². The number of hydrogen-bond donors (Lipinski definition) is 1. The highest BCUT2D eigenvalue weighted by Gasteiger charge is 2.18. The average Bonchev–Trinajstić information content (AvgIpc) is 2.61. The number of ether oxygens (including phenoxy) is 1. The molecule has 1 atom stereocenters. The Labute approximate surface area is 89.9 Å². The predicted octanol–water partition coefficient (Wildman–Crippen LogP) is 0.769. The average molecular weight is 210 g/mol. The second-order valence-corrected chi connectivity index (χ2v) is 4.06. The summed E-state index contributed by atoms with van der Waals surface area (Å²) in [5.41, 5.74) is 1.17. The summed E-state index contributed by atoms with van der Waals surface area (Å²) in [4.78, 5) is 4.40. The van der Waals surface area contributed by atoms with Crippen LogP contribution in [0.2, 0.25) is 0 Å². The summed E-state index contributed by atoms with van der Waals surface area (Å²) < 4.78 is 7.26. The summed E-state index contributed by atoms with van der Waals surface area (Å²) >= 11 is 0. The molecule has 0 bridgehead atoms. The summed E-state index contributed by atoms with van der Waals surface area (Å²) in [5.74, 6) is 1.13. The molecule has 0 aliphatic carbocycles. The molecule has 0 saturated heterocycles. The molecule has 0 spiro atoms. The van der Waals surface area contributed by atoms with E-state index in [4.69, 9.17) is 4.74 Å². The van der Waals surface area contributed by atoms with Crippen LogP contribution < -0.4 is 0 Å². The van der Waals surface area contributed by atoms with Crippen LogP contribution in [0.1, 0.15) is 24.4 Å². The first kappa shape index (κ1) is 10.6. The highest BCUT2D eigenvalue weighted by molar-refractivity contribution is 5.09. The van der Waals surface area contributed by atoms with E-state index in [1.165, 1.54) is 5.69 Å². The lowest BCUT2D eigenvalue weighted by Gasteiger charge is -2.20. The molecule has 15 heavy (non-hydrogen) atoms. The number of rotatable bonds is 4. The minimum absolute atomic E-state index is 0.180. The molecule has 2 heterocycles. The van der Waals surface area contributed by atoms with Crippen LogP contribution in [-0.4, -0.2) is 34.5 Å². The van der Waals surface area contributed by atoms with Crippen molar-refractivity contribution in [3.8, 4) is 0 Å². The summed E-state index contributed by atoms with van der Waals surface area (Å²) in [6.07, 6.45) is 5.28. The van der Waals surface area contributed by atoms with Gasteiger partial charge in [-0.25, -0.2) is 4.98 Å². The van der Waals surface area contributed by atoms with E-state index >= 15 is 0 Å². The summed E-state index contributed by atoms with van der Waals surface area (Å²) in [6, 6.07) is 0. The molecule has 1 aromatic heterocycles. The highest BCUT2D eigenvalue weighted by Crippen LogP contribution is 2.17. The molecule has 1 unspecified atom stereocenters. The van der Waals surface area contributed by atoms with Crippen molar-refractivity contribution in [2.24, 2.45) is 0 Å². The lowest BCUT2D eigenvalue weighted by atomic mass is 10.1. The van der Waals surface area contributed by atoms with Gasteiger partial charge in [0.2, 0.25) is 0 Å². The molecule has 4 nitrogen and oxygen atoms in total. The van der Waals surface area contributed by atoms with E-state index in [0.717, 1.165) is 44.7 Å². The Morgan fingerprint density at radius 1 is 1.67 bits per heavy atom. The largest absolute Gasteiger partial charge is 0.393 e. The van der Waals surface area contributed by atoms with Gasteiger partial charge in [0, 0.05) is 45.0 Å². The maximum absolute atomic E-state index is 9.52. The summed E-state index contributed by atoms with van der Waals surface area (Å²) in [6.45, 7) is 1.68. The van der Waals surface area contributed by atoms with Crippen molar-refractivity contribution in [1.82, 2.24) is 9.55 Å². The molecule has 0 fully saturated rings. The monoisotopic (exact) mass is 210 g/mol. The van der Waals surface area contributed by atoms with Gasteiger partial charge in [-0.05, 0) is 12.8 Å². The van der Waals surface area contributed by atoms with Crippen molar-refractivity contribution in [2.75, 3.05) is 13.7 Å². The number of aliphatic hydroxyl groups excluding tert-OH is 1. The quantitative estimate of drug-likeness (QED) is 0.747. The number of nitrogens with zero attached hydrogens (tertiary/aromatic N) is 2. The fourth-order valence-electron chi connectivity index (χ4n) is 2.09. The van der Waals surface area contributed by atoms with E-state index < -0.39 is 0 Å². The first-order chi connectivity index (χ1) is 7.31. The summed E-state index contributed by atoms with van der Waals surface area (Å²) in [5, 5.41) is 9.52. The molecule has 1 N–H and O–H groups in total. The maximum atomic E-state index is 9.52. The Balaban J connectivity index is 2.01. The van der Waals surface area contributed by atoms with Crippen LogP contribution >= 0.6 is 0 Å². The second kappa shape index (κ2) is 4.77. The molecule has 0 radical (unpaired) electrons. The molecular formula is C11H18N2O2. The van der Waals surface area contributed by atoms with Crippen molar-refractivity contribution in [2.45, 2.75) is 38.3 Å². The summed E-state index contributed by atoms with van der Waals surface area (Å²) in [7, 11) is 1.72. The van der Waals surface area contributed by atoms with Gasteiger partial charge in [-0.1, -0.05) is 0 Å². The SMILES string of the molecule is COCCCc1ncc2n1CCC(O)C2. The van der Waals surface area contributed by atoms with Crippen molar-refractivity contribution < 1.29 is 9.84 Å². The van der Waals surface area contributed by atoms with Crippen molar-refractivity contribution in [1.29, 1.82) is 0 Å². The molecule has 1 aliphatic heterocycles. The number of aromatic nitrogens is 2. The van der Waals surface area contributed by atoms with Gasteiger partial charge in [0.25, 0.3) is 0 Å². The van der Waals surface area contributed by atoms with Crippen molar-refractivity contribution >= 4 is 0 Å². The zero-order valence-electron chi connectivity index (χ0n) is 9.15. The van der Waals surface area contributed by atoms with Crippen LogP contribution in [0.5, 0.6) is 0 Å². The van der Waals surface area contributed by atoms with Crippen LogP contribution in [0.3, 0.4) is 0 Å². The zero-order chi connectivity index (χ0) is 10.7. The number of hydrogen-bond acceptors (Lipinski definition) is 3. The Morgan fingerprint density at radius 2 is 2.53 bits per heavy atom. The van der Waals surface area contributed by atoms with Crippen LogP contribution in [0.15, 0.2) is 6.20 Å². The van der Waals surface area contributed by atoms with Gasteiger partial charge in [-0.3, -0.25) is 0 Å². The number of imidazole rings is 1. The minimum Gasteiger partial charge on any atom is -0.393 e. The van der Waals surface area contributed by atoms with E-state index in [9.17, 15) is 5.11 Å². The van der Waals surface area contributed by atoms with Crippen molar-refractivity contribution in [3.63, 3.8) is 0 Å². The first-order valence-corrected chi connectivity index (χ1v) is 5.51. The van der Waals surface area contributed by atoms with Gasteiger partial charge in [0.1, 0.15) is 5.82 Å². The molecule has 1 aromatic rings. The zero-order valence-corrected chi connectivity index (χ0v) is 9.15. The van der Waals surface area contributed by atoms with Crippen LogP contribution in [0.25, 0.3) is 0 Å².